The Morgan fingerprint density at radius 1 is 1.38 bits per heavy atom. The highest BCUT2D eigenvalue weighted by Gasteiger charge is 2.18. The standard InChI is InChI=1S/C10H9Cl2NO2S/c11-4-1-5-16(14,15)10-6-9(12)3-2-8(10)7-13/h2-3,6H,1,4-5H2. The molecule has 0 saturated carbocycles. The normalized spacial score (nSPS) is 11.1. The van der Waals surface area contributed by atoms with Crippen molar-refractivity contribution in [1.82, 2.24) is 0 Å². The van der Waals surface area contributed by atoms with Crippen molar-refractivity contribution < 1.29 is 8.42 Å². The van der Waals surface area contributed by atoms with Crippen molar-refractivity contribution in [1.29, 1.82) is 5.26 Å². The summed E-state index contributed by atoms with van der Waals surface area (Å²) in [4.78, 5) is -0.0207. The molecule has 0 aliphatic rings. The topological polar surface area (TPSA) is 57.9 Å². The molecule has 16 heavy (non-hydrogen) atoms. The number of hydrogen-bond acceptors (Lipinski definition) is 3. The Labute approximate surface area is 105 Å². The summed E-state index contributed by atoms with van der Waals surface area (Å²) in [5.41, 5.74) is 0.110. The van der Waals surface area contributed by atoms with Gasteiger partial charge in [-0.05, 0) is 24.6 Å². The maximum atomic E-state index is 11.9. The van der Waals surface area contributed by atoms with Gasteiger partial charge in [-0.25, -0.2) is 8.42 Å². The van der Waals surface area contributed by atoms with Gasteiger partial charge in [0.15, 0.2) is 9.84 Å². The van der Waals surface area contributed by atoms with E-state index in [0.717, 1.165) is 0 Å². The first kappa shape index (κ1) is 13.3. The van der Waals surface area contributed by atoms with Gasteiger partial charge < -0.3 is 0 Å². The van der Waals surface area contributed by atoms with Crippen molar-refractivity contribution in [2.24, 2.45) is 0 Å². The molecule has 3 nitrogen and oxygen atoms in total. The molecule has 0 amide bonds. The van der Waals surface area contributed by atoms with Crippen molar-refractivity contribution in [3.05, 3.63) is 28.8 Å². The predicted molar refractivity (Wildman–Crippen MR) is 63.6 cm³/mol. The molecule has 0 N–H and O–H groups in total. The van der Waals surface area contributed by atoms with E-state index in [1.807, 2.05) is 6.07 Å². The lowest BCUT2D eigenvalue weighted by molar-refractivity contribution is 0.594. The average molecular weight is 278 g/mol. The lowest BCUT2D eigenvalue weighted by atomic mass is 10.2. The molecule has 0 aromatic heterocycles. The second kappa shape index (κ2) is 5.53. The number of hydrogen-bond donors (Lipinski definition) is 0. The van der Waals surface area contributed by atoms with E-state index in [9.17, 15) is 8.42 Å². The Morgan fingerprint density at radius 2 is 2.06 bits per heavy atom. The fourth-order valence-corrected chi connectivity index (χ4v) is 3.23. The number of nitriles is 1. The highest BCUT2D eigenvalue weighted by Crippen LogP contribution is 2.21. The Balaban J connectivity index is 3.22. The van der Waals surface area contributed by atoms with E-state index in [2.05, 4.69) is 0 Å². The molecule has 1 aromatic carbocycles. The number of rotatable bonds is 4. The number of alkyl halides is 1. The molecule has 6 heteroatoms. The van der Waals surface area contributed by atoms with Gasteiger partial charge in [-0.3, -0.25) is 0 Å². The van der Waals surface area contributed by atoms with Crippen LogP contribution in [-0.2, 0) is 9.84 Å². The minimum Gasteiger partial charge on any atom is -0.224 e. The lowest BCUT2D eigenvalue weighted by Gasteiger charge is -2.05. The Morgan fingerprint density at radius 3 is 2.62 bits per heavy atom. The number of sulfone groups is 1. The summed E-state index contributed by atoms with van der Waals surface area (Å²) in [5, 5.41) is 9.11. The van der Waals surface area contributed by atoms with Crippen LogP contribution in [0.2, 0.25) is 5.02 Å². The van der Waals surface area contributed by atoms with Crippen LogP contribution in [0.15, 0.2) is 23.1 Å². The summed E-state index contributed by atoms with van der Waals surface area (Å²) in [6.07, 6.45) is 0.348. The summed E-state index contributed by atoms with van der Waals surface area (Å²) in [5.74, 6) is 0.188. The Hall–Kier alpha value is -0.760. The highest BCUT2D eigenvalue weighted by molar-refractivity contribution is 7.91. The SMILES string of the molecule is N#Cc1ccc(Cl)cc1S(=O)(=O)CCCCl. The molecule has 0 aliphatic carbocycles. The van der Waals surface area contributed by atoms with Crippen molar-refractivity contribution in [3.63, 3.8) is 0 Å². The van der Waals surface area contributed by atoms with Crippen molar-refractivity contribution in [2.75, 3.05) is 11.6 Å². The first-order chi connectivity index (χ1) is 7.51. The minimum atomic E-state index is -3.48. The number of halogens is 2. The molecule has 0 saturated heterocycles. The van der Waals surface area contributed by atoms with Gasteiger partial charge in [-0.2, -0.15) is 5.26 Å². The third-order valence-corrected chi connectivity index (χ3v) is 4.28. The van der Waals surface area contributed by atoms with Gasteiger partial charge >= 0.3 is 0 Å². The van der Waals surface area contributed by atoms with Gasteiger partial charge in [0.25, 0.3) is 0 Å². The van der Waals surface area contributed by atoms with E-state index in [1.165, 1.54) is 18.2 Å². The number of benzene rings is 1. The maximum Gasteiger partial charge on any atom is 0.179 e. The molecule has 0 fully saturated rings. The van der Waals surface area contributed by atoms with E-state index < -0.39 is 9.84 Å². The second-order valence-corrected chi connectivity index (χ2v) is 6.01. The quantitative estimate of drug-likeness (QED) is 0.795. The predicted octanol–water partition coefficient (Wildman–Crippen LogP) is 2.61. The van der Waals surface area contributed by atoms with Crippen LogP contribution in [0.5, 0.6) is 0 Å². The van der Waals surface area contributed by atoms with Crippen molar-refractivity contribution in [3.8, 4) is 6.07 Å². The third kappa shape index (κ3) is 3.11. The molecule has 0 aliphatic heterocycles. The summed E-state index contributed by atoms with van der Waals surface area (Å²) >= 11 is 11.2. The summed E-state index contributed by atoms with van der Waals surface area (Å²) < 4.78 is 23.7. The van der Waals surface area contributed by atoms with Crippen molar-refractivity contribution in [2.45, 2.75) is 11.3 Å². The smallest absolute Gasteiger partial charge is 0.179 e. The van der Waals surface area contributed by atoms with Gasteiger partial charge in [-0.1, -0.05) is 11.6 Å². The third-order valence-electron chi connectivity index (χ3n) is 1.95. The van der Waals surface area contributed by atoms with E-state index in [0.29, 0.717) is 11.4 Å². The minimum absolute atomic E-state index is 0.0207. The van der Waals surface area contributed by atoms with Gasteiger partial charge in [0.1, 0.15) is 6.07 Å². The lowest BCUT2D eigenvalue weighted by Crippen LogP contribution is -2.09. The molecule has 1 aromatic rings. The van der Waals surface area contributed by atoms with Crippen LogP contribution in [0.4, 0.5) is 0 Å². The Bertz CT molecular complexity index is 520. The van der Waals surface area contributed by atoms with E-state index in [-0.39, 0.29) is 22.1 Å². The summed E-state index contributed by atoms with van der Waals surface area (Å²) in [6, 6.07) is 6.02. The number of nitrogens with zero attached hydrogens (tertiary/aromatic N) is 1. The molecule has 0 bridgehead atoms. The largest absolute Gasteiger partial charge is 0.224 e. The van der Waals surface area contributed by atoms with E-state index >= 15 is 0 Å². The molecule has 0 atom stereocenters. The molecule has 86 valence electrons. The summed E-state index contributed by atoms with van der Waals surface area (Å²) in [7, 11) is -3.48. The van der Waals surface area contributed by atoms with Crippen LogP contribution in [-0.4, -0.2) is 20.1 Å². The monoisotopic (exact) mass is 277 g/mol. The van der Waals surface area contributed by atoms with Crippen LogP contribution < -0.4 is 0 Å². The molecular formula is C10H9Cl2NO2S. The average Bonchev–Trinajstić information content (AvgIpc) is 2.26. The van der Waals surface area contributed by atoms with Crippen LogP contribution >= 0.6 is 23.2 Å². The zero-order chi connectivity index (χ0) is 12.2. The van der Waals surface area contributed by atoms with Gasteiger partial charge in [-0.15, -0.1) is 11.6 Å². The van der Waals surface area contributed by atoms with Gasteiger partial charge in [0, 0.05) is 10.9 Å². The fraction of sp³-hybridized carbons (Fsp3) is 0.300. The van der Waals surface area contributed by atoms with Crippen LogP contribution in [0.1, 0.15) is 12.0 Å². The first-order valence-corrected chi connectivity index (χ1v) is 7.06. The van der Waals surface area contributed by atoms with E-state index in [4.69, 9.17) is 28.5 Å². The zero-order valence-corrected chi connectivity index (χ0v) is 10.6. The molecule has 0 unspecified atom stereocenters. The highest BCUT2D eigenvalue weighted by atomic mass is 35.5. The molecule has 0 spiro atoms. The van der Waals surface area contributed by atoms with Crippen LogP contribution in [0.25, 0.3) is 0 Å². The molecular weight excluding hydrogens is 269 g/mol. The zero-order valence-electron chi connectivity index (χ0n) is 8.28. The van der Waals surface area contributed by atoms with Crippen LogP contribution in [0, 0.1) is 11.3 Å². The van der Waals surface area contributed by atoms with Gasteiger partial charge in [0.05, 0.1) is 16.2 Å². The fourth-order valence-electron chi connectivity index (χ4n) is 1.20. The second-order valence-electron chi connectivity index (χ2n) is 3.11. The molecule has 0 radical (unpaired) electrons. The van der Waals surface area contributed by atoms with E-state index in [1.54, 1.807) is 0 Å². The molecule has 0 heterocycles. The van der Waals surface area contributed by atoms with Gasteiger partial charge in [0.2, 0.25) is 0 Å². The van der Waals surface area contributed by atoms with Crippen LogP contribution in [0.3, 0.4) is 0 Å². The summed E-state index contributed by atoms with van der Waals surface area (Å²) in [6.45, 7) is 0. The first-order valence-electron chi connectivity index (χ1n) is 4.49. The Kier molecular flexibility index (Phi) is 4.60. The molecule has 1 rings (SSSR count). The van der Waals surface area contributed by atoms with Crippen molar-refractivity contribution >= 4 is 33.0 Å². The maximum absolute atomic E-state index is 11.9.